The molecule has 9 nitrogen and oxygen atoms in total. The van der Waals surface area contributed by atoms with E-state index in [0.29, 0.717) is 4.90 Å². The summed E-state index contributed by atoms with van der Waals surface area (Å²) in [6, 6.07) is 6.47. The molecule has 2 heterocycles. The first-order valence-corrected chi connectivity index (χ1v) is 11.0. The summed E-state index contributed by atoms with van der Waals surface area (Å²) >= 11 is 5.68. The Kier molecular flexibility index (Phi) is 5.49. The highest BCUT2D eigenvalue weighted by Gasteiger charge is 2.74. The van der Waals surface area contributed by atoms with Crippen molar-refractivity contribution in [3.05, 3.63) is 59.4 Å². The number of nitrogens with one attached hydrogen (secondary N) is 2. The molecule has 15 heteroatoms. The number of hydrogen-bond donors (Lipinski definition) is 2. The van der Waals surface area contributed by atoms with Gasteiger partial charge in [0.1, 0.15) is 17.6 Å². The van der Waals surface area contributed by atoms with Gasteiger partial charge in [0.25, 0.3) is 5.91 Å². The zero-order valence-corrected chi connectivity index (χ0v) is 18.0. The molecule has 0 bridgehead atoms. The number of imide groups is 1. The molecule has 0 aromatic heterocycles. The maximum atomic E-state index is 14.4. The minimum absolute atomic E-state index is 0.0900. The summed E-state index contributed by atoms with van der Waals surface area (Å²) in [6.45, 7) is 0. The first-order chi connectivity index (χ1) is 15.8. The van der Waals surface area contributed by atoms with Crippen molar-refractivity contribution in [2.24, 2.45) is 10.9 Å². The van der Waals surface area contributed by atoms with Crippen molar-refractivity contribution in [2.75, 3.05) is 4.90 Å². The summed E-state index contributed by atoms with van der Waals surface area (Å²) in [6.07, 6.45) is -5.67. The standard InChI is InChI=1S/C19H11ClF4N4O5S/c20-9-1-7-12(8-2-9)34(32,33)27-18(19(22,23)24)13-14(25-16(18)30)28(17(31)26-15(13)29)11-5-3-10(21)4-6-11/h1-8,13,27H,(H,26,29,31). The lowest BCUT2D eigenvalue weighted by Gasteiger charge is -2.38. The predicted octanol–water partition coefficient (Wildman–Crippen LogP) is 2.37. The third kappa shape index (κ3) is 3.63. The van der Waals surface area contributed by atoms with Crippen LogP contribution in [0.5, 0.6) is 0 Å². The number of halogens is 5. The molecule has 2 atom stereocenters. The van der Waals surface area contributed by atoms with E-state index in [0.717, 1.165) is 48.5 Å². The molecule has 1 saturated heterocycles. The van der Waals surface area contributed by atoms with Gasteiger partial charge in [-0.25, -0.2) is 22.5 Å². The van der Waals surface area contributed by atoms with Gasteiger partial charge in [0.05, 0.1) is 10.6 Å². The number of nitrogens with zero attached hydrogens (tertiary/aromatic N) is 2. The number of fused-ring (bicyclic) bond motifs is 1. The Morgan fingerprint density at radius 3 is 2.18 bits per heavy atom. The Hall–Kier alpha value is -3.36. The van der Waals surface area contributed by atoms with Gasteiger partial charge in [0.2, 0.25) is 21.5 Å². The Morgan fingerprint density at radius 1 is 1.03 bits per heavy atom. The van der Waals surface area contributed by atoms with Gasteiger partial charge >= 0.3 is 12.2 Å². The molecule has 0 radical (unpaired) electrons. The summed E-state index contributed by atoms with van der Waals surface area (Å²) in [4.78, 5) is 40.8. The Bertz CT molecular complexity index is 1350. The van der Waals surface area contributed by atoms with Crippen molar-refractivity contribution in [3.8, 4) is 0 Å². The van der Waals surface area contributed by atoms with Crippen molar-refractivity contribution in [1.29, 1.82) is 0 Å². The van der Waals surface area contributed by atoms with E-state index in [1.807, 2.05) is 0 Å². The third-order valence-corrected chi connectivity index (χ3v) is 6.86. The lowest BCUT2D eigenvalue weighted by atomic mass is 9.82. The summed E-state index contributed by atoms with van der Waals surface area (Å²) in [5.74, 6) is -7.98. The van der Waals surface area contributed by atoms with Gasteiger partial charge in [-0.3, -0.25) is 14.9 Å². The van der Waals surface area contributed by atoms with Crippen LogP contribution < -0.4 is 14.9 Å². The lowest BCUT2D eigenvalue weighted by molar-refractivity contribution is -0.199. The number of amides is 4. The minimum atomic E-state index is -5.67. The van der Waals surface area contributed by atoms with Gasteiger partial charge in [-0.05, 0) is 48.5 Å². The number of alkyl halides is 3. The number of amidine groups is 1. The molecule has 2 aliphatic heterocycles. The van der Waals surface area contributed by atoms with Crippen molar-refractivity contribution >= 4 is 51.0 Å². The largest absolute Gasteiger partial charge is 0.417 e. The van der Waals surface area contributed by atoms with Crippen molar-refractivity contribution in [3.63, 3.8) is 0 Å². The lowest BCUT2D eigenvalue weighted by Crippen LogP contribution is -2.72. The average Bonchev–Trinajstić information content (AvgIpc) is 3.02. The molecule has 2 N–H and O–H groups in total. The first-order valence-electron chi connectivity index (χ1n) is 9.18. The van der Waals surface area contributed by atoms with Crippen LogP contribution in [0, 0.1) is 11.7 Å². The van der Waals surface area contributed by atoms with E-state index in [9.17, 15) is 40.4 Å². The molecular weight excluding hydrogens is 508 g/mol. The molecule has 2 aromatic carbocycles. The maximum Gasteiger partial charge on any atom is 0.417 e. The Balaban J connectivity index is 1.86. The number of carbonyl (C=O) groups is 3. The van der Waals surface area contributed by atoms with E-state index in [-0.39, 0.29) is 10.7 Å². The highest BCUT2D eigenvalue weighted by atomic mass is 35.5. The highest BCUT2D eigenvalue weighted by molar-refractivity contribution is 7.89. The average molecular weight is 519 g/mol. The number of urea groups is 1. The molecule has 4 amide bonds. The fourth-order valence-electron chi connectivity index (χ4n) is 3.57. The van der Waals surface area contributed by atoms with Crippen LogP contribution in [0.3, 0.4) is 0 Å². The number of benzene rings is 2. The minimum Gasteiger partial charge on any atom is -0.277 e. The van der Waals surface area contributed by atoms with Crippen LogP contribution in [0.1, 0.15) is 0 Å². The SMILES string of the molecule is O=C1NC(=O)N(c2ccc(F)cc2)C2=NC(=O)C(NS(=O)(=O)c3ccc(Cl)cc3)(C(F)(F)F)C12. The topological polar surface area (TPSA) is 125 Å². The van der Waals surface area contributed by atoms with E-state index in [1.54, 1.807) is 5.32 Å². The summed E-state index contributed by atoms with van der Waals surface area (Å²) < 4.78 is 83.5. The van der Waals surface area contributed by atoms with Crippen LogP contribution in [0.2, 0.25) is 5.02 Å². The number of hydrogen-bond acceptors (Lipinski definition) is 5. The van der Waals surface area contributed by atoms with E-state index < -0.39 is 62.1 Å². The van der Waals surface area contributed by atoms with Gasteiger partial charge in [-0.1, -0.05) is 11.6 Å². The van der Waals surface area contributed by atoms with Crippen LogP contribution in [-0.2, 0) is 19.6 Å². The van der Waals surface area contributed by atoms with Gasteiger partial charge < -0.3 is 0 Å². The first kappa shape index (κ1) is 23.8. The molecule has 0 saturated carbocycles. The van der Waals surface area contributed by atoms with Gasteiger partial charge in [0.15, 0.2) is 0 Å². The molecule has 0 aliphatic carbocycles. The van der Waals surface area contributed by atoms with Crippen LogP contribution in [0.25, 0.3) is 0 Å². The predicted molar refractivity (Wildman–Crippen MR) is 109 cm³/mol. The molecule has 1 fully saturated rings. The molecular formula is C19H11ClF4N4O5S. The zero-order valence-electron chi connectivity index (χ0n) is 16.4. The normalized spacial score (nSPS) is 23.0. The van der Waals surface area contributed by atoms with E-state index >= 15 is 0 Å². The van der Waals surface area contributed by atoms with E-state index in [1.165, 1.54) is 4.72 Å². The van der Waals surface area contributed by atoms with Crippen molar-refractivity contribution < 1.29 is 40.4 Å². The maximum absolute atomic E-state index is 14.4. The van der Waals surface area contributed by atoms with Crippen molar-refractivity contribution in [1.82, 2.24) is 10.0 Å². The monoisotopic (exact) mass is 518 g/mol. The number of carbonyl (C=O) groups excluding carboxylic acids is 3. The number of rotatable bonds is 4. The molecule has 2 aromatic rings. The van der Waals surface area contributed by atoms with Crippen LogP contribution >= 0.6 is 11.6 Å². The van der Waals surface area contributed by atoms with Crippen LogP contribution in [0.4, 0.5) is 28.0 Å². The number of anilines is 1. The van der Waals surface area contributed by atoms with Crippen molar-refractivity contribution in [2.45, 2.75) is 16.6 Å². The molecule has 2 aliphatic rings. The summed E-state index contributed by atoms with van der Waals surface area (Å²) in [5.41, 5.74) is -4.29. The third-order valence-electron chi connectivity index (χ3n) is 5.12. The molecule has 4 rings (SSSR count). The van der Waals surface area contributed by atoms with Gasteiger partial charge in [-0.2, -0.15) is 22.9 Å². The number of sulfonamides is 1. The highest BCUT2D eigenvalue weighted by Crippen LogP contribution is 2.45. The quantitative estimate of drug-likeness (QED) is 0.601. The van der Waals surface area contributed by atoms with Gasteiger partial charge in [-0.15, -0.1) is 0 Å². The van der Waals surface area contributed by atoms with E-state index in [2.05, 4.69) is 4.99 Å². The van der Waals surface area contributed by atoms with Crippen LogP contribution in [-0.4, -0.2) is 43.8 Å². The second-order valence-electron chi connectivity index (χ2n) is 7.18. The fourth-order valence-corrected chi connectivity index (χ4v) is 5.06. The smallest absolute Gasteiger partial charge is 0.277 e. The summed E-state index contributed by atoms with van der Waals surface area (Å²) in [7, 11) is -5.07. The number of aliphatic imine (C=N–C) groups is 1. The van der Waals surface area contributed by atoms with Gasteiger partial charge in [0, 0.05) is 5.02 Å². The molecule has 178 valence electrons. The fraction of sp³-hybridized carbons (Fsp3) is 0.158. The van der Waals surface area contributed by atoms with Crippen LogP contribution in [0.15, 0.2) is 58.4 Å². The Morgan fingerprint density at radius 2 is 1.62 bits per heavy atom. The molecule has 0 spiro atoms. The zero-order chi connectivity index (χ0) is 25.1. The second kappa shape index (κ2) is 7.85. The molecule has 2 unspecified atom stereocenters. The second-order valence-corrected chi connectivity index (χ2v) is 9.30. The summed E-state index contributed by atoms with van der Waals surface area (Å²) in [5, 5.41) is 1.75. The Labute approximate surface area is 193 Å². The molecule has 34 heavy (non-hydrogen) atoms. The van der Waals surface area contributed by atoms with E-state index in [4.69, 9.17) is 11.6 Å².